The zero-order valence-corrected chi connectivity index (χ0v) is 12.9. The number of halogens is 1. The van der Waals surface area contributed by atoms with Gasteiger partial charge in [-0.15, -0.1) is 0 Å². The van der Waals surface area contributed by atoms with E-state index in [4.69, 9.17) is 0 Å². The second-order valence-electron chi connectivity index (χ2n) is 5.68. The Kier molecular flexibility index (Phi) is 3.85. The van der Waals surface area contributed by atoms with Gasteiger partial charge in [0.2, 0.25) is 11.8 Å². The van der Waals surface area contributed by atoms with Crippen molar-refractivity contribution < 1.29 is 14.0 Å². The molecule has 0 unspecified atom stereocenters. The van der Waals surface area contributed by atoms with Crippen molar-refractivity contribution in [2.24, 2.45) is 5.92 Å². The van der Waals surface area contributed by atoms with E-state index in [1.807, 2.05) is 6.92 Å². The second kappa shape index (κ2) is 5.83. The molecule has 3 rings (SSSR count). The molecule has 2 aromatic rings. The SMILES string of the molecule is Cc1n[nH]c(C)c1NC(=O)[C@H]1CC(=O)N(c2ccc(F)cc2)C1. The highest BCUT2D eigenvalue weighted by atomic mass is 19.1. The summed E-state index contributed by atoms with van der Waals surface area (Å²) < 4.78 is 13.0. The van der Waals surface area contributed by atoms with Crippen molar-refractivity contribution in [3.05, 3.63) is 41.5 Å². The van der Waals surface area contributed by atoms with Crippen LogP contribution in [0.5, 0.6) is 0 Å². The van der Waals surface area contributed by atoms with Crippen LogP contribution in [0.1, 0.15) is 17.8 Å². The molecule has 0 spiro atoms. The van der Waals surface area contributed by atoms with Crippen LogP contribution in [0, 0.1) is 25.6 Å². The molecule has 1 aliphatic rings. The topological polar surface area (TPSA) is 78.1 Å². The third-order valence-corrected chi connectivity index (χ3v) is 4.01. The van der Waals surface area contributed by atoms with Crippen LogP contribution < -0.4 is 10.2 Å². The van der Waals surface area contributed by atoms with E-state index in [0.717, 1.165) is 5.69 Å². The van der Waals surface area contributed by atoms with E-state index in [-0.39, 0.29) is 30.6 Å². The summed E-state index contributed by atoms with van der Waals surface area (Å²) in [7, 11) is 0. The minimum absolute atomic E-state index is 0.138. The lowest BCUT2D eigenvalue weighted by atomic mass is 10.1. The van der Waals surface area contributed by atoms with Crippen LogP contribution in [-0.2, 0) is 9.59 Å². The van der Waals surface area contributed by atoms with E-state index in [1.54, 1.807) is 6.92 Å². The lowest BCUT2D eigenvalue weighted by Gasteiger charge is -2.16. The number of hydrogen-bond acceptors (Lipinski definition) is 3. The zero-order chi connectivity index (χ0) is 16.6. The van der Waals surface area contributed by atoms with Crippen molar-refractivity contribution in [3.63, 3.8) is 0 Å². The second-order valence-corrected chi connectivity index (χ2v) is 5.68. The number of anilines is 2. The molecule has 1 aromatic heterocycles. The first-order chi connectivity index (χ1) is 11.0. The van der Waals surface area contributed by atoms with Gasteiger partial charge < -0.3 is 10.2 Å². The molecule has 2 heterocycles. The van der Waals surface area contributed by atoms with E-state index in [0.29, 0.717) is 17.1 Å². The van der Waals surface area contributed by atoms with Crippen molar-refractivity contribution >= 4 is 23.2 Å². The highest BCUT2D eigenvalue weighted by Gasteiger charge is 2.35. The van der Waals surface area contributed by atoms with Crippen LogP contribution in [0.4, 0.5) is 15.8 Å². The zero-order valence-electron chi connectivity index (χ0n) is 12.9. The van der Waals surface area contributed by atoms with E-state index in [2.05, 4.69) is 15.5 Å². The number of amides is 2. The summed E-state index contributed by atoms with van der Waals surface area (Å²) in [6, 6.07) is 5.68. The number of benzene rings is 1. The predicted octanol–water partition coefficient (Wildman–Crippen LogP) is 2.16. The number of aromatic amines is 1. The molecule has 1 aliphatic heterocycles. The van der Waals surface area contributed by atoms with E-state index in [9.17, 15) is 14.0 Å². The molecule has 1 aromatic carbocycles. The average Bonchev–Trinajstić information content (AvgIpc) is 3.05. The summed E-state index contributed by atoms with van der Waals surface area (Å²) in [6.07, 6.45) is 0.138. The van der Waals surface area contributed by atoms with Crippen LogP contribution >= 0.6 is 0 Å². The molecule has 2 N–H and O–H groups in total. The first kappa shape index (κ1) is 15.2. The standard InChI is InChI=1S/C16H17FN4O2/c1-9-15(10(2)20-19-9)18-16(23)11-7-14(22)21(8-11)13-5-3-12(17)4-6-13/h3-6,11H,7-8H2,1-2H3,(H,18,23)(H,19,20)/t11-/m0/s1. The summed E-state index contributed by atoms with van der Waals surface area (Å²) in [5, 5.41) is 9.66. The van der Waals surface area contributed by atoms with Gasteiger partial charge in [0.15, 0.2) is 0 Å². The van der Waals surface area contributed by atoms with Gasteiger partial charge in [-0.1, -0.05) is 0 Å². The molecule has 7 heteroatoms. The van der Waals surface area contributed by atoms with Gasteiger partial charge in [0.05, 0.1) is 23.0 Å². The molecule has 0 aliphatic carbocycles. The third-order valence-electron chi connectivity index (χ3n) is 4.01. The molecule has 23 heavy (non-hydrogen) atoms. The van der Waals surface area contributed by atoms with E-state index in [1.165, 1.54) is 29.2 Å². The fourth-order valence-electron chi connectivity index (χ4n) is 2.71. The molecule has 0 radical (unpaired) electrons. The fourth-order valence-corrected chi connectivity index (χ4v) is 2.71. The van der Waals surface area contributed by atoms with Gasteiger partial charge in [-0.3, -0.25) is 14.7 Å². The monoisotopic (exact) mass is 316 g/mol. The van der Waals surface area contributed by atoms with Crippen LogP contribution in [0.15, 0.2) is 24.3 Å². The fraction of sp³-hybridized carbons (Fsp3) is 0.312. The number of carbonyl (C=O) groups is 2. The summed E-state index contributed by atoms with van der Waals surface area (Å²) in [6.45, 7) is 3.90. The van der Waals surface area contributed by atoms with Crippen LogP contribution in [0.25, 0.3) is 0 Å². The van der Waals surface area contributed by atoms with Crippen LogP contribution in [0.2, 0.25) is 0 Å². The van der Waals surface area contributed by atoms with Gasteiger partial charge in [-0.05, 0) is 38.1 Å². The van der Waals surface area contributed by atoms with E-state index >= 15 is 0 Å². The van der Waals surface area contributed by atoms with Gasteiger partial charge in [-0.2, -0.15) is 5.10 Å². The Balaban J connectivity index is 1.72. The molecule has 120 valence electrons. The summed E-state index contributed by atoms with van der Waals surface area (Å²) >= 11 is 0. The first-order valence-electron chi connectivity index (χ1n) is 7.34. The Hall–Kier alpha value is -2.70. The Morgan fingerprint density at radius 3 is 2.65 bits per heavy atom. The maximum Gasteiger partial charge on any atom is 0.229 e. The number of H-pyrrole nitrogens is 1. The number of nitrogens with zero attached hydrogens (tertiary/aromatic N) is 2. The van der Waals surface area contributed by atoms with E-state index < -0.39 is 5.92 Å². The van der Waals surface area contributed by atoms with Crippen molar-refractivity contribution in [2.45, 2.75) is 20.3 Å². The van der Waals surface area contributed by atoms with Crippen LogP contribution in [-0.4, -0.2) is 28.6 Å². The largest absolute Gasteiger partial charge is 0.323 e. The first-order valence-corrected chi connectivity index (χ1v) is 7.34. The Morgan fingerprint density at radius 1 is 1.35 bits per heavy atom. The maximum atomic E-state index is 13.0. The number of rotatable bonds is 3. The summed E-state index contributed by atoms with van der Waals surface area (Å²) in [4.78, 5) is 26.1. The predicted molar refractivity (Wildman–Crippen MR) is 83.6 cm³/mol. The average molecular weight is 316 g/mol. The summed E-state index contributed by atoms with van der Waals surface area (Å²) in [5.74, 6) is -1.16. The van der Waals surface area contributed by atoms with Crippen molar-refractivity contribution in [3.8, 4) is 0 Å². The molecule has 1 atom stereocenters. The summed E-state index contributed by atoms with van der Waals surface area (Å²) in [5.41, 5.74) is 2.73. The number of aryl methyl sites for hydroxylation is 2. The molecule has 6 nitrogen and oxygen atoms in total. The molecule has 0 saturated carbocycles. The van der Waals surface area contributed by atoms with Gasteiger partial charge >= 0.3 is 0 Å². The lowest BCUT2D eigenvalue weighted by molar-refractivity contribution is -0.122. The van der Waals surface area contributed by atoms with Crippen molar-refractivity contribution in [1.82, 2.24) is 10.2 Å². The number of aromatic nitrogens is 2. The highest BCUT2D eigenvalue weighted by molar-refractivity contribution is 6.03. The molecular weight excluding hydrogens is 299 g/mol. The van der Waals surface area contributed by atoms with Crippen molar-refractivity contribution in [2.75, 3.05) is 16.8 Å². The minimum atomic E-state index is -0.443. The molecule has 2 amide bonds. The number of carbonyl (C=O) groups excluding carboxylic acids is 2. The minimum Gasteiger partial charge on any atom is -0.323 e. The molecule has 1 fully saturated rings. The Labute approximate surface area is 132 Å². The smallest absolute Gasteiger partial charge is 0.229 e. The quantitative estimate of drug-likeness (QED) is 0.911. The maximum absolute atomic E-state index is 13.0. The Morgan fingerprint density at radius 2 is 2.04 bits per heavy atom. The molecule has 1 saturated heterocycles. The van der Waals surface area contributed by atoms with Crippen molar-refractivity contribution in [1.29, 1.82) is 0 Å². The van der Waals surface area contributed by atoms with Gasteiger partial charge in [0.25, 0.3) is 0 Å². The molecular formula is C16H17FN4O2. The molecule has 0 bridgehead atoms. The van der Waals surface area contributed by atoms with Gasteiger partial charge in [0, 0.05) is 18.7 Å². The van der Waals surface area contributed by atoms with Crippen LogP contribution in [0.3, 0.4) is 0 Å². The third kappa shape index (κ3) is 2.94. The highest BCUT2D eigenvalue weighted by Crippen LogP contribution is 2.27. The number of nitrogens with one attached hydrogen (secondary N) is 2. The van der Waals surface area contributed by atoms with Gasteiger partial charge in [-0.25, -0.2) is 4.39 Å². The van der Waals surface area contributed by atoms with Gasteiger partial charge in [0.1, 0.15) is 5.82 Å². The Bertz CT molecular complexity index is 734. The number of hydrogen-bond donors (Lipinski definition) is 2. The lowest BCUT2D eigenvalue weighted by Crippen LogP contribution is -2.28. The normalized spacial score (nSPS) is 17.6.